The maximum absolute atomic E-state index is 11.4. The zero-order chi connectivity index (χ0) is 13.7. The Morgan fingerprint density at radius 3 is 2.72 bits per heavy atom. The monoisotopic (exact) mass is 265 g/mol. The van der Waals surface area contributed by atoms with Crippen molar-refractivity contribution in [3.63, 3.8) is 0 Å². The number of nitrogen functional groups attached to an aromatic ring is 1. The van der Waals surface area contributed by atoms with Gasteiger partial charge < -0.3 is 10.5 Å². The predicted octanol–water partition coefficient (Wildman–Crippen LogP) is 3.11. The standard InChI is InChI=1S/C14H16ClNO2/c1-9(2)5-4-6-10-7-11(14(17)18-3)8-12(15)13(10)16/h7-9H,5,16H2,1-3H3. The van der Waals surface area contributed by atoms with Gasteiger partial charge in [0.25, 0.3) is 0 Å². The molecule has 0 spiro atoms. The summed E-state index contributed by atoms with van der Waals surface area (Å²) in [6.45, 7) is 4.16. The molecule has 0 saturated heterocycles. The highest BCUT2D eigenvalue weighted by molar-refractivity contribution is 6.33. The first-order chi connectivity index (χ1) is 8.45. The van der Waals surface area contributed by atoms with E-state index in [0.29, 0.717) is 27.8 Å². The second-order valence-electron chi connectivity index (χ2n) is 4.31. The Hall–Kier alpha value is -1.66. The van der Waals surface area contributed by atoms with Gasteiger partial charge in [0, 0.05) is 12.0 Å². The molecule has 0 fully saturated rings. The van der Waals surface area contributed by atoms with Crippen molar-refractivity contribution in [1.29, 1.82) is 0 Å². The third-order valence-electron chi connectivity index (χ3n) is 2.28. The number of halogens is 1. The van der Waals surface area contributed by atoms with Crippen molar-refractivity contribution in [2.75, 3.05) is 12.8 Å². The molecule has 0 heterocycles. The van der Waals surface area contributed by atoms with Crippen LogP contribution < -0.4 is 5.73 Å². The van der Waals surface area contributed by atoms with Crippen LogP contribution in [0.5, 0.6) is 0 Å². The number of carbonyl (C=O) groups excluding carboxylic acids is 1. The van der Waals surface area contributed by atoms with Crippen LogP contribution in [0.4, 0.5) is 5.69 Å². The van der Waals surface area contributed by atoms with Crippen LogP contribution in [-0.4, -0.2) is 13.1 Å². The van der Waals surface area contributed by atoms with E-state index < -0.39 is 5.97 Å². The lowest BCUT2D eigenvalue weighted by Crippen LogP contribution is -2.03. The molecule has 4 heteroatoms. The Kier molecular flexibility index (Phi) is 5.06. The van der Waals surface area contributed by atoms with Crippen LogP contribution in [0, 0.1) is 17.8 Å². The summed E-state index contributed by atoms with van der Waals surface area (Å²) in [5, 5.41) is 0.312. The first-order valence-electron chi connectivity index (χ1n) is 5.62. The molecule has 0 radical (unpaired) electrons. The molecular formula is C14H16ClNO2. The summed E-state index contributed by atoms with van der Waals surface area (Å²) in [4.78, 5) is 11.4. The highest BCUT2D eigenvalue weighted by Gasteiger charge is 2.11. The third kappa shape index (κ3) is 3.68. The maximum Gasteiger partial charge on any atom is 0.337 e. The van der Waals surface area contributed by atoms with Crippen molar-refractivity contribution in [2.45, 2.75) is 20.3 Å². The molecule has 0 atom stereocenters. The topological polar surface area (TPSA) is 52.3 Å². The number of nitrogens with two attached hydrogens (primary N) is 1. The minimum Gasteiger partial charge on any atom is -0.465 e. The van der Waals surface area contributed by atoms with Gasteiger partial charge in [-0.15, -0.1) is 0 Å². The molecule has 18 heavy (non-hydrogen) atoms. The molecule has 0 aliphatic carbocycles. The van der Waals surface area contributed by atoms with Crippen LogP contribution in [0.3, 0.4) is 0 Å². The van der Waals surface area contributed by atoms with Gasteiger partial charge in [0.2, 0.25) is 0 Å². The first-order valence-corrected chi connectivity index (χ1v) is 5.99. The number of hydrogen-bond acceptors (Lipinski definition) is 3. The molecule has 1 aromatic carbocycles. The minimum absolute atomic E-state index is 0.312. The number of rotatable bonds is 2. The molecule has 0 aliphatic rings. The van der Waals surface area contributed by atoms with Gasteiger partial charge in [-0.3, -0.25) is 0 Å². The number of carbonyl (C=O) groups is 1. The Morgan fingerprint density at radius 1 is 1.50 bits per heavy atom. The van der Waals surface area contributed by atoms with Crippen molar-refractivity contribution in [2.24, 2.45) is 5.92 Å². The molecule has 0 aromatic heterocycles. The lowest BCUT2D eigenvalue weighted by Gasteiger charge is -2.05. The van der Waals surface area contributed by atoms with Gasteiger partial charge in [0.15, 0.2) is 0 Å². The fourth-order valence-corrected chi connectivity index (χ4v) is 1.53. The third-order valence-corrected chi connectivity index (χ3v) is 2.60. The summed E-state index contributed by atoms with van der Waals surface area (Å²) >= 11 is 5.96. The fourth-order valence-electron chi connectivity index (χ4n) is 1.31. The molecule has 96 valence electrons. The van der Waals surface area contributed by atoms with Gasteiger partial charge >= 0.3 is 5.97 Å². The minimum atomic E-state index is -0.455. The van der Waals surface area contributed by atoms with E-state index in [1.54, 1.807) is 6.07 Å². The summed E-state index contributed by atoms with van der Waals surface area (Å²) in [6.07, 6.45) is 0.763. The summed E-state index contributed by atoms with van der Waals surface area (Å²) < 4.78 is 4.64. The Bertz CT molecular complexity index is 513. The van der Waals surface area contributed by atoms with Gasteiger partial charge in [-0.2, -0.15) is 0 Å². The Morgan fingerprint density at radius 2 is 2.17 bits per heavy atom. The van der Waals surface area contributed by atoms with Gasteiger partial charge in [0.1, 0.15) is 0 Å². The average Bonchev–Trinajstić information content (AvgIpc) is 2.32. The molecular weight excluding hydrogens is 250 g/mol. The number of methoxy groups -OCH3 is 1. The smallest absolute Gasteiger partial charge is 0.337 e. The summed E-state index contributed by atoms with van der Waals surface area (Å²) in [7, 11) is 1.32. The molecule has 2 N–H and O–H groups in total. The summed E-state index contributed by atoms with van der Waals surface area (Å²) in [5.41, 5.74) is 7.12. The van der Waals surface area contributed by atoms with Crippen LogP contribution >= 0.6 is 11.6 Å². The molecule has 0 bridgehead atoms. The first kappa shape index (κ1) is 14.4. The number of benzene rings is 1. The van der Waals surface area contributed by atoms with Crippen molar-refractivity contribution in [1.82, 2.24) is 0 Å². The van der Waals surface area contributed by atoms with Crippen molar-refractivity contribution < 1.29 is 9.53 Å². The van der Waals surface area contributed by atoms with Crippen LogP contribution in [0.25, 0.3) is 0 Å². The van der Waals surface area contributed by atoms with Gasteiger partial charge in [-0.05, 0) is 18.1 Å². The van der Waals surface area contributed by atoms with Crippen molar-refractivity contribution >= 4 is 23.3 Å². The Balaban J connectivity index is 3.13. The summed E-state index contributed by atoms with van der Waals surface area (Å²) in [6, 6.07) is 3.08. The molecule has 0 saturated carbocycles. The second kappa shape index (κ2) is 6.32. The predicted molar refractivity (Wildman–Crippen MR) is 73.5 cm³/mol. The van der Waals surface area contributed by atoms with E-state index in [2.05, 4.69) is 30.4 Å². The van der Waals surface area contributed by atoms with Crippen LogP contribution in [-0.2, 0) is 4.74 Å². The lowest BCUT2D eigenvalue weighted by atomic mass is 10.1. The normalized spacial score (nSPS) is 9.83. The van der Waals surface area contributed by atoms with Crippen LogP contribution in [0.15, 0.2) is 12.1 Å². The fraction of sp³-hybridized carbons (Fsp3) is 0.357. The summed E-state index contributed by atoms with van der Waals surface area (Å²) in [5.74, 6) is 5.98. The molecule has 3 nitrogen and oxygen atoms in total. The van der Waals surface area contributed by atoms with Crippen LogP contribution in [0.1, 0.15) is 36.2 Å². The van der Waals surface area contributed by atoms with E-state index in [1.165, 1.54) is 13.2 Å². The largest absolute Gasteiger partial charge is 0.465 e. The van der Waals surface area contributed by atoms with Gasteiger partial charge in [0.05, 0.1) is 23.4 Å². The van der Waals surface area contributed by atoms with Crippen LogP contribution in [0.2, 0.25) is 5.02 Å². The quantitative estimate of drug-likeness (QED) is 0.508. The number of anilines is 1. The molecule has 1 aromatic rings. The van der Waals surface area contributed by atoms with Gasteiger partial charge in [-0.25, -0.2) is 4.79 Å². The van der Waals surface area contributed by atoms with Crippen molar-refractivity contribution in [3.05, 3.63) is 28.3 Å². The number of hydrogen-bond donors (Lipinski definition) is 1. The lowest BCUT2D eigenvalue weighted by molar-refractivity contribution is 0.0600. The zero-order valence-corrected chi connectivity index (χ0v) is 11.5. The Labute approximate surface area is 112 Å². The average molecular weight is 266 g/mol. The highest BCUT2D eigenvalue weighted by Crippen LogP contribution is 2.24. The van der Waals surface area contributed by atoms with Crippen molar-refractivity contribution in [3.8, 4) is 11.8 Å². The maximum atomic E-state index is 11.4. The molecule has 0 unspecified atom stereocenters. The van der Waals surface area contributed by atoms with E-state index in [-0.39, 0.29) is 0 Å². The van der Waals surface area contributed by atoms with E-state index in [0.717, 1.165) is 6.42 Å². The molecule has 1 rings (SSSR count). The number of ether oxygens (including phenoxy) is 1. The molecule has 0 amide bonds. The SMILES string of the molecule is COC(=O)c1cc(Cl)c(N)c(C#CCC(C)C)c1. The van der Waals surface area contributed by atoms with E-state index in [9.17, 15) is 4.79 Å². The van der Waals surface area contributed by atoms with E-state index in [4.69, 9.17) is 17.3 Å². The second-order valence-corrected chi connectivity index (χ2v) is 4.72. The van der Waals surface area contributed by atoms with Gasteiger partial charge in [-0.1, -0.05) is 37.3 Å². The number of esters is 1. The van der Waals surface area contributed by atoms with E-state index >= 15 is 0 Å². The molecule has 0 aliphatic heterocycles. The van der Waals surface area contributed by atoms with E-state index in [1.807, 2.05) is 0 Å². The zero-order valence-electron chi connectivity index (χ0n) is 10.7. The highest BCUT2D eigenvalue weighted by atomic mass is 35.5.